The fraction of sp³-hybridized carbons (Fsp3) is 0.167. The Morgan fingerprint density at radius 2 is 2.04 bits per heavy atom. The lowest BCUT2D eigenvalue weighted by atomic mass is 10.2. The van der Waals surface area contributed by atoms with E-state index in [1.165, 1.54) is 0 Å². The quantitative estimate of drug-likeness (QED) is 0.468. The van der Waals surface area contributed by atoms with Gasteiger partial charge in [-0.3, -0.25) is 0 Å². The molecule has 0 unspecified atom stereocenters. The Kier molecular flexibility index (Phi) is 5.45. The van der Waals surface area contributed by atoms with E-state index in [0.29, 0.717) is 10.6 Å². The maximum Gasteiger partial charge on any atom is 0.216 e. The summed E-state index contributed by atoms with van der Waals surface area (Å²) in [6.07, 6.45) is 1.85. The highest BCUT2D eigenvalue weighted by atomic mass is 79.9. The van der Waals surface area contributed by atoms with E-state index in [0.717, 1.165) is 21.3 Å². The Labute approximate surface area is 159 Å². The van der Waals surface area contributed by atoms with Crippen LogP contribution in [-0.4, -0.2) is 27.2 Å². The number of aromatic nitrogens is 3. The molecule has 0 fully saturated rings. The Bertz CT molecular complexity index is 961. The van der Waals surface area contributed by atoms with Crippen LogP contribution in [0, 0.1) is 4.77 Å². The van der Waals surface area contributed by atoms with E-state index in [9.17, 15) is 0 Å². The zero-order valence-corrected chi connectivity index (χ0v) is 16.2. The summed E-state index contributed by atoms with van der Waals surface area (Å²) in [6.45, 7) is 3.98. The van der Waals surface area contributed by atoms with Gasteiger partial charge in [-0.15, -0.1) is 0 Å². The van der Waals surface area contributed by atoms with Gasteiger partial charge in [0.05, 0.1) is 12.3 Å². The molecule has 0 amide bonds. The first-order chi connectivity index (χ1) is 12.0. The lowest BCUT2D eigenvalue weighted by Gasteiger charge is -2.10. The summed E-state index contributed by atoms with van der Waals surface area (Å²) in [5.41, 5.74) is 1.83. The number of halogens is 1. The first-order valence-corrected chi connectivity index (χ1v) is 8.97. The molecule has 0 saturated carbocycles. The van der Waals surface area contributed by atoms with Crippen LogP contribution in [0.4, 0.5) is 0 Å². The molecular formula is C18H17BrN4OS. The summed E-state index contributed by atoms with van der Waals surface area (Å²) >= 11 is 8.76. The molecule has 0 saturated heterocycles. The molecule has 3 aromatic rings. The summed E-state index contributed by atoms with van der Waals surface area (Å²) in [5, 5.41) is 11.6. The predicted octanol–water partition coefficient (Wildman–Crippen LogP) is 5.04. The highest BCUT2D eigenvalue weighted by Gasteiger charge is 2.09. The molecule has 3 rings (SSSR count). The maximum atomic E-state index is 5.75. The normalized spacial score (nSPS) is 11.4. The Morgan fingerprint density at radius 3 is 2.80 bits per heavy atom. The third-order valence-electron chi connectivity index (χ3n) is 3.29. The molecular weight excluding hydrogens is 400 g/mol. The zero-order valence-electron chi connectivity index (χ0n) is 13.8. The molecule has 0 atom stereocenters. The fourth-order valence-electron chi connectivity index (χ4n) is 2.28. The molecule has 0 aliphatic carbocycles. The number of H-pyrrole nitrogens is 1. The highest BCUT2D eigenvalue weighted by molar-refractivity contribution is 9.10. The Hall–Kier alpha value is -2.25. The SMILES string of the molecule is CC(C)Oc1cccc(-c2n[nH]c(=S)n2/N=C\c2cccc(Br)c2)c1. The van der Waals surface area contributed by atoms with Crippen molar-refractivity contribution in [3.8, 4) is 17.1 Å². The van der Waals surface area contributed by atoms with Gasteiger partial charge in [0.25, 0.3) is 0 Å². The van der Waals surface area contributed by atoms with E-state index in [1.807, 2.05) is 62.4 Å². The van der Waals surface area contributed by atoms with E-state index in [1.54, 1.807) is 10.9 Å². The molecule has 0 spiro atoms. The number of benzene rings is 2. The third-order valence-corrected chi connectivity index (χ3v) is 4.04. The molecule has 0 aliphatic heterocycles. The molecule has 7 heteroatoms. The molecule has 0 radical (unpaired) electrons. The predicted molar refractivity (Wildman–Crippen MR) is 106 cm³/mol. The van der Waals surface area contributed by atoms with Gasteiger partial charge in [0.1, 0.15) is 5.75 Å². The van der Waals surface area contributed by atoms with Crippen LogP contribution < -0.4 is 4.74 Å². The van der Waals surface area contributed by atoms with Crippen LogP contribution in [0.5, 0.6) is 5.75 Å². The minimum absolute atomic E-state index is 0.102. The zero-order chi connectivity index (χ0) is 17.8. The topological polar surface area (TPSA) is 55.2 Å². The number of aromatic amines is 1. The van der Waals surface area contributed by atoms with E-state index < -0.39 is 0 Å². The van der Waals surface area contributed by atoms with Crippen LogP contribution in [0.3, 0.4) is 0 Å². The van der Waals surface area contributed by atoms with Crippen molar-refractivity contribution in [1.29, 1.82) is 0 Å². The average molecular weight is 417 g/mol. The van der Waals surface area contributed by atoms with Crippen LogP contribution >= 0.6 is 28.1 Å². The van der Waals surface area contributed by atoms with Gasteiger partial charge in [-0.05, 0) is 55.9 Å². The lowest BCUT2D eigenvalue weighted by molar-refractivity contribution is 0.242. The van der Waals surface area contributed by atoms with Gasteiger partial charge in [-0.1, -0.05) is 40.2 Å². The summed E-state index contributed by atoms with van der Waals surface area (Å²) in [5.74, 6) is 1.41. The van der Waals surface area contributed by atoms with Crippen LogP contribution in [0.1, 0.15) is 19.4 Å². The van der Waals surface area contributed by atoms with Gasteiger partial charge in [0.2, 0.25) is 4.77 Å². The average Bonchev–Trinajstić information content (AvgIpc) is 2.93. The summed E-state index contributed by atoms with van der Waals surface area (Å²) in [6, 6.07) is 15.6. The van der Waals surface area contributed by atoms with E-state index in [2.05, 4.69) is 31.2 Å². The van der Waals surface area contributed by atoms with Crippen molar-refractivity contribution in [3.05, 3.63) is 63.3 Å². The van der Waals surface area contributed by atoms with Gasteiger partial charge >= 0.3 is 0 Å². The first kappa shape index (κ1) is 17.6. The number of nitrogens with one attached hydrogen (secondary N) is 1. The second kappa shape index (κ2) is 7.76. The van der Waals surface area contributed by atoms with Crippen molar-refractivity contribution in [3.63, 3.8) is 0 Å². The molecule has 128 valence electrons. The molecule has 1 N–H and O–H groups in total. The van der Waals surface area contributed by atoms with Crippen molar-refractivity contribution in [1.82, 2.24) is 14.9 Å². The monoisotopic (exact) mass is 416 g/mol. The molecule has 0 bridgehead atoms. The summed E-state index contributed by atoms with van der Waals surface area (Å²) in [7, 11) is 0. The Balaban J connectivity index is 1.96. The second-order valence-corrected chi connectivity index (χ2v) is 6.96. The fourth-order valence-corrected chi connectivity index (χ4v) is 2.87. The number of hydrogen-bond donors (Lipinski definition) is 1. The van der Waals surface area contributed by atoms with Crippen LogP contribution in [0.15, 0.2) is 58.1 Å². The molecule has 2 aromatic carbocycles. The Morgan fingerprint density at radius 1 is 1.24 bits per heavy atom. The number of hydrogen-bond acceptors (Lipinski definition) is 4. The minimum Gasteiger partial charge on any atom is -0.491 e. The van der Waals surface area contributed by atoms with Crippen LogP contribution in [0.2, 0.25) is 0 Å². The maximum absolute atomic E-state index is 5.75. The third kappa shape index (κ3) is 4.43. The largest absolute Gasteiger partial charge is 0.491 e. The van der Waals surface area contributed by atoms with Gasteiger partial charge in [0.15, 0.2) is 5.82 Å². The van der Waals surface area contributed by atoms with E-state index in [4.69, 9.17) is 17.0 Å². The van der Waals surface area contributed by atoms with E-state index >= 15 is 0 Å². The first-order valence-electron chi connectivity index (χ1n) is 7.77. The van der Waals surface area contributed by atoms with Gasteiger partial charge in [-0.2, -0.15) is 14.9 Å². The molecule has 1 aromatic heterocycles. The van der Waals surface area contributed by atoms with Crippen molar-refractivity contribution in [2.24, 2.45) is 5.10 Å². The minimum atomic E-state index is 0.102. The van der Waals surface area contributed by atoms with Gasteiger partial charge < -0.3 is 4.74 Å². The number of nitrogens with zero attached hydrogens (tertiary/aromatic N) is 3. The molecule has 5 nitrogen and oxygen atoms in total. The smallest absolute Gasteiger partial charge is 0.216 e. The standard InChI is InChI=1S/C18H17BrN4OS/c1-12(2)24-16-8-4-6-14(10-16)17-21-22-18(25)23(17)20-11-13-5-3-7-15(19)9-13/h3-12H,1-2H3,(H,22,25)/b20-11-. The van der Waals surface area contributed by atoms with Crippen molar-refractivity contribution in [2.75, 3.05) is 0 Å². The van der Waals surface area contributed by atoms with Crippen molar-refractivity contribution >= 4 is 34.4 Å². The van der Waals surface area contributed by atoms with Crippen molar-refractivity contribution in [2.45, 2.75) is 20.0 Å². The van der Waals surface area contributed by atoms with Crippen LogP contribution in [-0.2, 0) is 0 Å². The summed E-state index contributed by atoms with van der Waals surface area (Å²) < 4.78 is 8.77. The van der Waals surface area contributed by atoms with Crippen LogP contribution in [0.25, 0.3) is 11.4 Å². The lowest BCUT2D eigenvalue weighted by Crippen LogP contribution is -2.05. The highest BCUT2D eigenvalue weighted by Crippen LogP contribution is 2.23. The van der Waals surface area contributed by atoms with Gasteiger partial charge in [-0.25, -0.2) is 5.10 Å². The van der Waals surface area contributed by atoms with Crippen molar-refractivity contribution < 1.29 is 4.74 Å². The molecule has 0 aliphatic rings. The molecule has 25 heavy (non-hydrogen) atoms. The van der Waals surface area contributed by atoms with Gasteiger partial charge in [0, 0.05) is 10.0 Å². The van der Waals surface area contributed by atoms with E-state index in [-0.39, 0.29) is 6.10 Å². The number of ether oxygens (including phenoxy) is 1. The second-order valence-electron chi connectivity index (χ2n) is 5.66. The number of rotatable bonds is 5. The summed E-state index contributed by atoms with van der Waals surface area (Å²) in [4.78, 5) is 0. The molecule has 1 heterocycles.